The maximum absolute atomic E-state index is 10.2. The van der Waals surface area contributed by atoms with Gasteiger partial charge in [0.05, 0.1) is 6.10 Å². The lowest BCUT2D eigenvalue weighted by molar-refractivity contribution is 0.174. The Morgan fingerprint density at radius 3 is 3.00 bits per heavy atom. The topological polar surface area (TPSA) is 38.0 Å². The molecule has 0 fully saturated rings. The fourth-order valence-corrected chi connectivity index (χ4v) is 2.24. The largest absolute Gasteiger partial charge is 0.388 e. The molecule has 3 nitrogen and oxygen atoms in total. The van der Waals surface area contributed by atoms with Crippen LogP contribution < -0.4 is 0 Å². The van der Waals surface area contributed by atoms with Gasteiger partial charge < -0.3 is 9.67 Å². The monoisotopic (exact) mass is 294 g/mol. The van der Waals surface area contributed by atoms with Crippen molar-refractivity contribution in [2.24, 2.45) is 0 Å². The first-order valence-corrected chi connectivity index (χ1v) is 6.43. The third-order valence-electron chi connectivity index (χ3n) is 2.75. The first kappa shape index (κ1) is 12.3. The predicted octanol–water partition coefficient (Wildman–Crippen LogP) is 2.94. The summed E-state index contributed by atoms with van der Waals surface area (Å²) in [4.78, 5) is 4.27. The maximum Gasteiger partial charge on any atom is 0.111 e. The van der Waals surface area contributed by atoms with Gasteiger partial charge >= 0.3 is 0 Å². The minimum atomic E-state index is -0.514. The molecule has 2 aromatic rings. The second-order valence-corrected chi connectivity index (χ2v) is 4.82. The number of hydrogen-bond donors (Lipinski definition) is 1. The molecule has 1 unspecified atom stereocenters. The van der Waals surface area contributed by atoms with Gasteiger partial charge in [-0.25, -0.2) is 4.98 Å². The minimum Gasteiger partial charge on any atom is -0.388 e. The highest BCUT2D eigenvalue weighted by atomic mass is 79.9. The number of aliphatic hydroxyl groups excluding tert-OH is 1. The number of aryl methyl sites for hydroxylation is 1. The molecule has 0 aliphatic carbocycles. The Kier molecular flexibility index (Phi) is 3.97. The van der Waals surface area contributed by atoms with Crippen molar-refractivity contribution in [1.82, 2.24) is 9.55 Å². The molecule has 17 heavy (non-hydrogen) atoms. The molecule has 90 valence electrons. The molecule has 0 spiro atoms. The van der Waals surface area contributed by atoms with E-state index in [1.165, 1.54) is 0 Å². The fourth-order valence-electron chi connectivity index (χ4n) is 1.82. The van der Waals surface area contributed by atoms with Gasteiger partial charge in [-0.05, 0) is 24.6 Å². The molecule has 0 saturated carbocycles. The zero-order valence-electron chi connectivity index (χ0n) is 9.68. The van der Waals surface area contributed by atoms with Gasteiger partial charge in [0.2, 0.25) is 0 Å². The highest BCUT2D eigenvalue weighted by molar-refractivity contribution is 9.10. The first-order valence-electron chi connectivity index (χ1n) is 5.64. The Balaban J connectivity index is 2.14. The van der Waals surface area contributed by atoms with Crippen LogP contribution in [0.15, 0.2) is 41.1 Å². The highest BCUT2D eigenvalue weighted by Gasteiger charge is 2.12. The number of hydrogen-bond acceptors (Lipinski definition) is 2. The lowest BCUT2D eigenvalue weighted by atomic mass is 10.1. The van der Waals surface area contributed by atoms with Crippen LogP contribution in [0.2, 0.25) is 0 Å². The number of benzene rings is 1. The van der Waals surface area contributed by atoms with Crippen LogP contribution in [-0.4, -0.2) is 14.7 Å². The van der Waals surface area contributed by atoms with E-state index in [1.54, 1.807) is 6.20 Å². The molecule has 1 N–H and O–H groups in total. The predicted molar refractivity (Wildman–Crippen MR) is 70.7 cm³/mol. The van der Waals surface area contributed by atoms with Gasteiger partial charge in [0.1, 0.15) is 5.82 Å². The second-order valence-electron chi connectivity index (χ2n) is 3.90. The van der Waals surface area contributed by atoms with Crippen molar-refractivity contribution in [1.29, 1.82) is 0 Å². The van der Waals surface area contributed by atoms with Crippen molar-refractivity contribution in [3.63, 3.8) is 0 Å². The van der Waals surface area contributed by atoms with Crippen LogP contribution in [0.3, 0.4) is 0 Å². The summed E-state index contributed by atoms with van der Waals surface area (Å²) in [7, 11) is 0. The average molecular weight is 295 g/mol. The van der Waals surface area contributed by atoms with Crippen LogP contribution in [0.5, 0.6) is 0 Å². The van der Waals surface area contributed by atoms with Gasteiger partial charge in [0.25, 0.3) is 0 Å². The molecule has 0 saturated heterocycles. The molecule has 1 aromatic carbocycles. The molecule has 2 rings (SSSR count). The molecule has 0 amide bonds. The van der Waals surface area contributed by atoms with E-state index in [9.17, 15) is 5.11 Å². The van der Waals surface area contributed by atoms with Crippen molar-refractivity contribution < 1.29 is 5.11 Å². The molecule has 1 aromatic heterocycles. The van der Waals surface area contributed by atoms with E-state index in [4.69, 9.17) is 0 Å². The normalized spacial score (nSPS) is 12.6. The first-order chi connectivity index (χ1) is 8.20. The molecule has 0 radical (unpaired) electrons. The SMILES string of the molecule is CCn1ccnc1CC(O)c1cccc(Br)c1. The van der Waals surface area contributed by atoms with Crippen molar-refractivity contribution in [3.8, 4) is 0 Å². The van der Waals surface area contributed by atoms with E-state index in [2.05, 4.69) is 27.8 Å². The Hall–Kier alpha value is -1.13. The van der Waals surface area contributed by atoms with Crippen molar-refractivity contribution in [3.05, 3.63) is 52.5 Å². The summed E-state index contributed by atoms with van der Waals surface area (Å²) in [5, 5.41) is 10.2. The van der Waals surface area contributed by atoms with Crippen LogP contribution >= 0.6 is 15.9 Å². The standard InChI is InChI=1S/C13H15BrN2O/c1-2-16-7-6-15-13(16)9-12(17)10-4-3-5-11(14)8-10/h3-8,12,17H,2,9H2,1H3. The van der Waals surface area contributed by atoms with Gasteiger partial charge in [0.15, 0.2) is 0 Å². The lowest BCUT2D eigenvalue weighted by Gasteiger charge is -2.12. The van der Waals surface area contributed by atoms with E-state index in [0.717, 1.165) is 22.4 Å². The van der Waals surface area contributed by atoms with E-state index in [1.807, 2.05) is 35.0 Å². The number of nitrogens with zero attached hydrogens (tertiary/aromatic N) is 2. The van der Waals surface area contributed by atoms with Crippen molar-refractivity contribution in [2.75, 3.05) is 0 Å². The van der Waals surface area contributed by atoms with E-state index in [0.29, 0.717) is 6.42 Å². The summed E-state index contributed by atoms with van der Waals surface area (Å²) in [6.45, 7) is 2.94. The third kappa shape index (κ3) is 2.96. The molecule has 4 heteroatoms. The number of imidazole rings is 1. The molecule has 0 aliphatic heterocycles. The maximum atomic E-state index is 10.2. The third-order valence-corrected chi connectivity index (χ3v) is 3.25. The van der Waals surface area contributed by atoms with Crippen LogP contribution in [0.4, 0.5) is 0 Å². The Morgan fingerprint density at radius 1 is 1.47 bits per heavy atom. The molecule has 0 bridgehead atoms. The van der Waals surface area contributed by atoms with Crippen LogP contribution in [0, 0.1) is 0 Å². The lowest BCUT2D eigenvalue weighted by Crippen LogP contribution is -2.08. The highest BCUT2D eigenvalue weighted by Crippen LogP contribution is 2.21. The number of aliphatic hydroxyl groups is 1. The average Bonchev–Trinajstić information content (AvgIpc) is 2.76. The number of rotatable bonds is 4. The zero-order valence-corrected chi connectivity index (χ0v) is 11.3. The quantitative estimate of drug-likeness (QED) is 0.941. The summed E-state index contributed by atoms with van der Waals surface area (Å²) in [6, 6.07) is 7.73. The summed E-state index contributed by atoms with van der Waals surface area (Å²) < 4.78 is 3.02. The fraction of sp³-hybridized carbons (Fsp3) is 0.308. The molecule has 0 aliphatic rings. The molecular weight excluding hydrogens is 280 g/mol. The van der Waals surface area contributed by atoms with Crippen molar-refractivity contribution in [2.45, 2.75) is 26.0 Å². The van der Waals surface area contributed by atoms with Crippen LogP contribution in [0.25, 0.3) is 0 Å². The summed E-state index contributed by atoms with van der Waals surface area (Å²) in [6.07, 6.45) is 3.73. The van der Waals surface area contributed by atoms with Crippen LogP contribution in [-0.2, 0) is 13.0 Å². The smallest absolute Gasteiger partial charge is 0.111 e. The Bertz CT molecular complexity index is 496. The zero-order chi connectivity index (χ0) is 12.3. The number of aromatic nitrogens is 2. The van der Waals surface area contributed by atoms with Crippen LogP contribution in [0.1, 0.15) is 24.4 Å². The Morgan fingerprint density at radius 2 is 2.29 bits per heavy atom. The van der Waals surface area contributed by atoms with Gasteiger partial charge in [-0.15, -0.1) is 0 Å². The molecule has 1 heterocycles. The van der Waals surface area contributed by atoms with Gasteiger partial charge in [-0.2, -0.15) is 0 Å². The second kappa shape index (κ2) is 5.47. The number of halogens is 1. The summed E-state index contributed by atoms with van der Waals surface area (Å²) in [5.41, 5.74) is 0.907. The van der Waals surface area contributed by atoms with E-state index in [-0.39, 0.29) is 0 Å². The van der Waals surface area contributed by atoms with Gasteiger partial charge in [-0.3, -0.25) is 0 Å². The summed E-state index contributed by atoms with van der Waals surface area (Å²) >= 11 is 3.40. The van der Waals surface area contributed by atoms with Gasteiger partial charge in [-0.1, -0.05) is 28.1 Å². The molecule has 1 atom stereocenters. The van der Waals surface area contributed by atoms with E-state index < -0.39 is 6.10 Å². The minimum absolute atomic E-state index is 0.514. The summed E-state index contributed by atoms with van der Waals surface area (Å²) in [5.74, 6) is 0.917. The van der Waals surface area contributed by atoms with E-state index >= 15 is 0 Å². The van der Waals surface area contributed by atoms with Crippen molar-refractivity contribution >= 4 is 15.9 Å². The Labute approximate surface area is 109 Å². The molecular formula is C13H15BrN2O. The van der Waals surface area contributed by atoms with Gasteiger partial charge in [0, 0.05) is 29.8 Å².